The van der Waals surface area contributed by atoms with Gasteiger partial charge in [0.05, 0.1) is 24.9 Å². The lowest BCUT2D eigenvalue weighted by Crippen LogP contribution is -2.35. The Hall–Kier alpha value is -3.71. The average molecular weight is 476 g/mol. The largest absolute Gasteiger partial charge is 0.495 e. The summed E-state index contributed by atoms with van der Waals surface area (Å²) in [6.07, 6.45) is 0. The molecule has 0 aliphatic carbocycles. The number of aromatic amines is 1. The number of hydrogen-bond acceptors (Lipinski definition) is 3. The Morgan fingerprint density at radius 3 is 2.47 bits per heavy atom. The zero-order chi connectivity index (χ0) is 24.2. The SMILES string of the molecule is COc1ccccc1NC(=S)N(Cc1ccc(F)cc1)Cc1cc2c(C)ccc(C)c2[nH]c1=O. The molecule has 0 saturated carbocycles. The molecule has 0 aliphatic heterocycles. The van der Waals surface area contributed by atoms with E-state index in [2.05, 4.69) is 10.3 Å². The molecule has 4 aromatic rings. The highest BCUT2D eigenvalue weighted by molar-refractivity contribution is 7.80. The molecule has 3 aromatic carbocycles. The molecule has 0 fully saturated rings. The van der Waals surface area contributed by atoms with E-state index in [1.165, 1.54) is 12.1 Å². The molecule has 5 nitrogen and oxygen atoms in total. The van der Waals surface area contributed by atoms with Gasteiger partial charge in [0.1, 0.15) is 11.6 Å². The number of thiocarbonyl (C=S) groups is 1. The Morgan fingerprint density at radius 1 is 1.03 bits per heavy atom. The van der Waals surface area contributed by atoms with Gasteiger partial charge in [-0.15, -0.1) is 0 Å². The number of ether oxygens (including phenoxy) is 1. The lowest BCUT2D eigenvalue weighted by atomic mass is 10.0. The topological polar surface area (TPSA) is 57.4 Å². The second-order valence-electron chi connectivity index (χ2n) is 8.22. The molecule has 4 rings (SSSR count). The highest BCUT2D eigenvalue weighted by atomic mass is 32.1. The van der Waals surface area contributed by atoms with Crippen LogP contribution < -0.4 is 15.6 Å². The number of hydrogen-bond donors (Lipinski definition) is 2. The summed E-state index contributed by atoms with van der Waals surface area (Å²) in [5.74, 6) is 0.350. The van der Waals surface area contributed by atoms with Crippen LogP contribution in [0.3, 0.4) is 0 Å². The summed E-state index contributed by atoms with van der Waals surface area (Å²) in [6, 6.07) is 19.7. The fourth-order valence-electron chi connectivity index (χ4n) is 3.89. The minimum absolute atomic E-state index is 0.162. The molecule has 7 heteroatoms. The van der Waals surface area contributed by atoms with Crippen LogP contribution >= 0.6 is 12.2 Å². The van der Waals surface area contributed by atoms with Gasteiger partial charge >= 0.3 is 0 Å². The number of anilines is 1. The normalized spacial score (nSPS) is 10.8. The van der Waals surface area contributed by atoms with Crippen molar-refractivity contribution in [3.05, 3.63) is 105 Å². The summed E-state index contributed by atoms with van der Waals surface area (Å²) in [4.78, 5) is 17.9. The molecular weight excluding hydrogens is 449 g/mol. The van der Waals surface area contributed by atoms with E-state index in [1.807, 2.05) is 61.2 Å². The lowest BCUT2D eigenvalue weighted by Gasteiger charge is -2.26. The number of nitrogens with one attached hydrogen (secondary N) is 2. The summed E-state index contributed by atoms with van der Waals surface area (Å²) in [7, 11) is 1.60. The summed E-state index contributed by atoms with van der Waals surface area (Å²) in [6.45, 7) is 4.67. The zero-order valence-corrected chi connectivity index (χ0v) is 20.1. The van der Waals surface area contributed by atoms with Crippen LogP contribution in [-0.2, 0) is 13.1 Å². The number of aryl methyl sites for hydroxylation is 2. The quantitative estimate of drug-likeness (QED) is 0.351. The number of methoxy groups -OCH3 is 1. The van der Waals surface area contributed by atoms with E-state index >= 15 is 0 Å². The maximum Gasteiger partial charge on any atom is 0.253 e. The van der Waals surface area contributed by atoms with Gasteiger partial charge in [-0.05, 0) is 73.1 Å². The Labute approximate surface area is 203 Å². The average Bonchev–Trinajstić information content (AvgIpc) is 2.83. The van der Waals surface area contributed by atoms with Crippen molar-refractivity contribution in [3.63, 3.8) is 0 Å². The van der Waals surface area contributed by atoms with Gasteiger partial charge < -0.3 is 19.9 Å². The molecule has 34 heavy (non-hydrogen) atoms. The Balaban J connectivity index is 1.70. The third kappa shape index (κ3) is 5.10. The maximum atomic E-state index is 13.5. The molecule has 1 aromatic heterocycles. The number of pyridine rings is 1. The predicted octanol–water partition coefficient (Wildman–Crippen LogP) is 5.69. The highest BCUT2D eigenvalue weighted by Crippen LogP contribution is 2.25. The van der Waals surface area contributed by atoms with Crippen LogP contribution in [0.25, 0.3) is 10.9 Å². The molecule has 0 spiro atoms. The zero-order valence-electron chi connectivity index (χ0n) is 19.3. The fraction of sp³-hybridized carbons (Fsp3) is 0.185. The second-order valence-corrected chi connectivity index (χ2v) is 8.61. The fourth-order valence-corrected chi connectivity index (χ4v) is 4.13. The van der Waals surface area contributed by atoms with E-state index in [1.54, 1.807) is 19.2 Å². The summed E-state index contributed by atoms with van der Waals surface area (Å²) < 4.78 is 18.9. The number of halogens is 1. The summed E-state index contributed by atoms with van der Waals surface area (Å²) in [5, 5.41) is 4.66. The molecule has 2 N–H and O–H groups in total. The second kappa shape index (κ2) is 10.1. The van der Waals surface area contributed by atoms with Gasteiger partial charge in [-0.25, -0.2) is 4.39 Å². The Morgan fingerprint density at radius 2 is 1.74 bits per heavy atom. The summed E-state index contributed by atoms with van der Waals surface area (Å²) >= 11 is 5.75. The van der Waals surface area contributed by atoms with Crippen molar-refractivity contribution in [1.82, 2.24) is 9.88 Å². The number of aromatic nitrogens is 1. The first-order valence-corrected chi connectivity index (χ1v) is 11.3. The van der Waals surface area contributed by atoms with Crippen LogP contribution in [0.1, 0.15) is 22.3 Å². The van der Waals surface area contributed by atoms with Crippen molar-refractivity contribution < 1.29 is 9.13 Å². The van der Waals surface area contributed by atoms with Crippen molar-refractivity contribution in [2.24, 2.45) is 0 Å². The first-order valence-electron chi connectivity index (χ1n) is 10.9. The number of H-pyrrole nitrogens is 1. The van der Waals surface area contributed by atoms with E-state index in [4.69, 9.17) is 17.0 Å². The maximum absolute atomic E-state index is 13.5. The number of nitrogens with zero attached hydrogens (tertiary/aromatic N) is 1. The minimum atomic E-state index is -0.304. The molecule has 0 aliphatic rings. The Kier molecular flexibility index (Phi) is 6.93. The van der Waals surface area contributed by atoms with Crippen molar-refractivity contribution in [2.75, 3.05) is 12.4 Å². The monoisotopic (exact) mass is 475 g/mol. The molecule has 0 saturated heterocycles. The van der Waals surface area contributed by atoms with Gasteiger partial charge in [0, 0.05) is 17.5 Å². The number of rotatable bonds is 6. The molecule has 0 bridgehead atoms. The van der Waals surface area contributed by atoms with E-state index in [0.29, 0.717) is 23.0 Å². The lowest BCUT2D eigenvalue weighted by molar-refractivity contribution is 0.407. The summed E-state index contributed by atoms with van der Waals surface area (Å²) in [5.41, 5.74) is 4.96. The van der Waals surface area contributed by atoms with Gasteiger partial charge in [0.25, 0.3) is 5.56 Å². The number of benzene rings is 3. The minimum Gasteiger partial charge on any atom is -0.495 e. The highest BCUT2D eigenvalue weighted by Gasteiger charge is 2.16. The molecular formula is C27H26FN3O2S. The van der Waals surface area contributed by atoms with Gasteiger partial charge in [-0.3, -0.25) is 4.79 Å². The standard InChI is InChI=1S/C27H26FN3O2S/c1-17-8-9-18(2)25-22(17)14-20(26(32)30-25)16-31(15-19-10-12-21(28)13-11-19)27(34)29-23-6-4-5-7-24(23)33-3/h4-14H,15-16H2,1-3H3,(H,29,34)(H,30,32). The molecule has 0 atom stereocenters. The van der Waals surface area contributed by atoms with Crippen molar-refractivity contribution in [1.29, 1.82) is 0 Å². The molecule has 0 radical (unpaired) electrons. The Bertz CT molecular complexity index is 1400. The van der Waals surface area contributed by atoms with Crippen LogP contribution in [0, 0.1) is 19.7 Å². The first kappa shape index (κ1) is 23.4. The van der Waals surface area contributed by atoms with E-state index in [0.717, 1.165) is 33.3 Å². The van der Waals surface area contributed by atoms with Crippen LogP contribution in [0.5, 0.6) is 5.75 Å². The van der Waals surface area contributed by atoms with E-state index < -0.39 is 0 Å². The van der Waals surface area contributed by atoms with Crippen LogP contribution in [0.15, 0.2) is 71.5 Å². The van der Waals surface area contributed by atoms with Crippen molar-refractivity contribution >= 4 is 33.9 Å². The smallest absolute Gasteiger partial charge is 0.253 e. The van der Waals surface area contributed by atoms with Crippen molar-refractivity contribution in [3.8, 4) is 5.75 Å². The molecule has 1 heterocycles. The van der Waals surface area contributed by atoms with Gasteiger partial charge in [-0.1, -0.05) is 36.4 Å². The molecule has 174 valence electrons. The molecule has 0 unspecified atom stereocenters. The predicted molar refractivity (Wildman–Crippen MR) is 139 cm³/mol. The number of para-hydroxylation sites is 2. The van der Waals surface area contributed by atoms with Gasteiger partial charge in [0.2, 0.25) is 0 Å². The third-order valence-corrected chi connectivity index (χ3v) is 6.16. The number of fused-ring (bicyclic) bond motifs is 1. The van der Waals surface area contributed by atoms with E-state index in [9.17, 15) is 9.18 Å². The van der Waals surface area contributed by atoms with Crippen LogP contribution in [0.4, 0.5) is 10.1 Å². The van der Waals surface area contributed by atoms with Gasteiger partial charge in [-0.2, -0.15) is 0 Å². The van der Waals surface area contributed by atoms with Gasteiger partial charge in [0.15, 0.2) is 5.11 Å². The van der Waals surface area contributed by atoms with Crippen LogP contribution in [0.2, 0.25) is 0 Å². The molecule has 0 amide bonds. The van der Waals surface area contributed by atoms with E-state index in [-0.39, 0.29) is 17.9 Å². The first-order chi connectivity index (χ1) is 16.4. The third-order valence-electron chi connectivity index (χ3n) is 5.80. The van der Waals surface area contributed by atoms with Crippen molar-refractivity contribution in [2.45, 2.75) is 26.9 Å². The van der Waals surface area contributed by atoms with Crippen LogP contribution in [-0.4, -0.2) is 22.1 Å².